The number of esters is 1. The lowest BCUT2D eigenvalue weighted by Crippen LogP contribution is -2.36. The number of ether oxygens (including phenoxy) is 1. The summed E-state index contributed by atoms with van der Waals surface area (Å²) in [7, 11) is 0. The Morgan fingerprint density at radius 1 is 1.00 bits per heavy atom. The van der Waals surface area contributed by atoms with Gasteiger partial charge >= 0.3 is 5.97 Å². The van der Waals surface area contributed by atoms with Crippen LogP contribution in [0, 0.1) is 11.7 Å². The first kappa shape index (κ1) is 22.1. The van der Waals surface area contributed by atoms with Crippen molar-refractivity contribution < 1.29 is 23.5 Å². The van der Waals surface area contributed by atoms with Crippen molar-refractivity contribution in [2.45, 2.75) is 26.3 Å². The maximum Gasteiger partial charge on any atom is 0.325 e. The predicted octanol–water partition coefficient (Wildman–Crippen LogP) is 3.00. The average Bonchev–Trinajstić information content (AvgIpc) is 2.70. The Labute approximate surface area is 169 Å². The average molecular weight is 400 g/mol. The minimum Gasteiger partial charge on any atom is -0.454 e. The number of halogens is 1. The number of carbonyl (C=O) groups excluding carboxylic acids is 3. The zero-order valence-corrected chi connectivity index (χ0v) is 16.5. The Kier molecular flexibility index (Phi) is 8.33. The van der Waals surface area contributed by atoms with E-state index in [0.29, 0.717) is 5.92 Å². The molecule has 7 heteroatoms. The van der Waals surface area contributed by atoms with E-state index < -0.39 is 36.8 Å². The van der Waals surface area contributed by atoms with E-state index >= 15 is 0 Å². The van der Waals surface area contributed by atoms with Crippen molar-refractivity contribution in [3.63, 3.8) is 0 Å². The predicted molar refractivity (Wildman–Crippen MR) is 106 cm³/mol. The third kappa shape index (κ3) is 7.37. The topological polar surface area (TPSA) is 84.5 Å². The highest BCUT2D eigenvalue weighted by molar-refractivity contribution is 5.96. The van der Waals surface area contributed by atoms with Crippen LogP contribution in [0.4, 0.5) is 4.39 Å². The Balaban J connectivity index is 1.80. The highest BCUT2D eigenvalue weighted by atomic mass is 19.1. The molecule has 0 fully saturated rings. The van der Waals surface area contributed by atoms with Crippen LogP contribution in [0.1, 0.15) is 42.2 Å². The fraction of sp³-hybridized carbons (Fsp3) is 0.318. The minimum absolute atomic E-state index is 0.169. The van der Waals surface area contributed by atoms with E-state index in [4.69, 9.17) is 4.74 Å². The van der Waals surface area contributed by atoms with E-state index in [2.05, 4.69) is 24.5 Å². The summed E-state index contributed by atoms with van der Waals surface area (Å²) < 4.78 is 18.4. The Hall–Kier alpha value is -3.22. The number of rotatable bonds is 9. The molecule has 0 radical (unpaired) electrons. The van der Waals surface area contributed by atoms with E-state index in [1.807, 2.05) is 30.3 Å². The lowest BCUT2D eigenvalue weighted by molar-refractivity contribution is -0.147. The Bertz CT molecular complexity index is 840. The molecule has 2 rings (SSSR count). The molecule has 6 nitrogen and oxygen atoms in total. The van der Waals surface area contributed by atoms with Gasteiger partial charge in [-0.3, -0.25) is 14.4 Å². The van der Waals surface area contributed by atoms with Gasteiger partial charge in [0, 0.05) is 0 Å². The van der Waals surface area contributed by atoms with Gasteiger partial charge in [-0.2, -0.15) is 0 Å². The van der Waals surface area contributed by atoms with Gasteiger partial charge in [0.1, 0.15) is 12.4 Å². The van der Waals surface area contributed by atoms with Gasteiger partial charge in [0.25, 0.3) is 11.8 Å². The second-order valence-electron chi connectivity index (χ2n) is 6.98. The smallest absolute Gasteiger partial charge is 0.325 e. The summed E-state index contributed by atoms with van der Waals surface area (Å²) in [6.07, 6.45) is 0.738. The molecule has 0 aliphatic heterocycles. The van der Waals surface area contributed by atoms with Crippen molar-refractivity contribution in [3.8, 4) is 0 Å². The molecule has 29 heavy (non-hydrogen) atoms. The normalized spacial score (nSPS) is 11.6. The molecular weight excluding hydrogens is 375 g/mol. The summed E-state index contributed by atoms with van der Waals surface area (Å²) in [5.74, 6) is -2.28. The lowest BCUT2D eigenvalue weighted by atomic mass is 9.97. The van der Waals surface area contributed by atoms with E-state index in [1.165, 1.54) is 18.2 Å². The van der Waals surface area contributed by atoms with Crippen molar-refractivity contribution in [2.24, 2.45) is 5.92 Å². The molecule has 1 atom stereocenters. The number of nitrogens with one attached hydrogen (secondary N) is 2. The molecular formula is C22H25FN2O4. The fourth-order valence-electron chi connectivity index (χ4n) is 2.76. The number of hydrogen-bond acceptors (Lipinski definition) is 4. The van der Waals surface area contributed by atoms with Crippen molar-refractivity contribution in [1.29, 1.82) is 0 Å². The molecule has 2 N–H and O–H groups in total. The van der Waals surface area contributed by atoms with E-state index in [1.54, 1.807) is 0 Å². The molecule has 0 heterocycles. The summed E-state index contributed by atoms with van der Waals surface area (Å²) in [5.41, 5.74) is 0.801. The van der Waals surface area contributed by atoms with Crippen LogP contribution in [0.2, 0.25) is 0 Å². The molecule has 0 aliphatic rings. The molecule has 0 aliphatic carbocycles. The van der Waals surface area contributed by atoms with E-state index in [0.717, 1.165) is 18.1 Å². The standard InChI is InChI=1S/C22H25FN2O4/c1-15(2)12-19(16-8-4-3-5-9-16)25-20(26)14-29-21(27)13-24-22(28)17-10-6-7-11-18(17)23/h3-11,15,19H,12-14H2,1-2H3,(H,24,28)(H,25,26)/t19-/m1/s1. The van der Waals surface area contributed by atoms with Crippen molar-refractivity contribution >= 4 is 17.8 Å². The summed E-state index contributed by atoms with van der Waals surface area (Å²) >= 11 is 0. The van der Waals surface area contributed by atoms with Crippen LogP contribution in [0.15, 0.2) is 54.6 Å². The number of amides is 2. The summed E-state index contributed by atoms with van der Waals surface area (Å²) in [5, 5.41) is 5.14. The third-order valence-corrected chi connectivity index (χ3v) is 4.12. The molecule has 154 valence electrons. The molecule has 2 amide bonds. The van der Waals surface area contributed by atoms with Gasteiger partial charge in [0.2, 0.25) is 0 Å². The molecule has 2 aromatic rings. The number of carbonyl (C=O) groups is 3. The maximum atomic E-state index is 13.5. The first-order valence-corrected chi connectivity index (χ1v) is 9.39. The van der Waals surface area contributed by atoms with Crippen molar-refractivity contribution in [2.75, 3.05) is 13.2 Å². The highest BCUT2D eigenvalue weighted by Crippen LogP contribution is 2.20. The van der Waals surface area contributed by atoms with Crippen LogP contribution in [0.3, 0.4) is 0 Å². The van der Waals surface area contributed by atoms with Gasteiger partial charge in [0.05, 0.1) is 11.6 Å². The molecule has 0 saturated heterocycles. The van der Waals surface area contributed by atoms with Crippen LogP contribution in [0.25, 0.3) is 0 Å². The molecule has 0 aromatic heterocycles. The Morgan fingerprint density at radius 3 is 2.31 bits per heavy atom. The van der Waals surface area contributed by atoms with Crippen molar-refractivity contribution in [3.05, 3.63) is 71.5 Å². The highest BCUT2D eigenvalue weighted by Gasteiger charge is 2.18. The number of benzene rings is 2. The Morgan fingerprint density at radius 2 is 1.66 bits per heavy atom. The molecule has 2 aromatic carbocycles. The van der Waals surface area contributed by atoms with Gasteiger partial charge < -0.3 is 15.4 Å². The molecule has 0 unspecified atom stereocenters. The number of hydrogen-bond donors (Lipinski definition) is 2. The van der Waals surface area contributed by atoms with Crippen LogP contribution >= 0.6 is 0 Å². The van der Waals surface area contributed by atoms with Crippen LogP contribution in [-0.4, -0.2) is 30.9 Å². The largest absolute Gasteiger partial charge is 0.454 e. The molecule has 0 bridgehead atoms. The second kappa shape index (κ2) is 10.9. The maximum absolute atomic E-state index is 13.5. The van der Waals surface area contributed by atoms with Gasteiger partial charge in [-0.25, -0.2) is 4.39 Å². The first-order chi connectivity index (χ1) is 13.9. The zero-order chi connectivity index (χ0) is 21.2. The summed E-state index contributed by atoms with van der Waals surface area (Å²) in [6.45, 7) is 3.19. The molecule has 0 spiro atoms. The summed E-state index contributed by atoms with van der Waals surface area (Å²) in [4.78, 5) is 35.9. The van der Waals surface area contributed by atoms with Crippen LogP contribution in [-0.2, 0) is 14.3 Å². The van der Waals surface area contributed by atoms with E-state index in [-0.39, 0.29) is 11.6 Å². The summed E-state index contributed by atoms with van der Waals surface area (Å²) in [6, 6.07) is 14.8. The first-order valence-electron chi connectivity index (χ1n) is 9.39. The van der Waals surface area contributed by atoms with Crippen molar-refractivity contribution in [1.82, 2.24) is 10.6 Å². The minimum atomic E-state index is -0.787. The van der Waals surface area contributed by atoms with Crippen LogP contribution in [0.5, 0.6) is 0 Å². The third-order valence-electron chi connectivity index (χ3n) is 4.12. The lowest BCUT2D eigenvalue weighted by Gasteiger charge is -2.21. The molecule has 0 saturated carbocycles. The fourth-order valence-corrected chi connectivity index (χ4v) is 2.76. The van der Waals surface area contributed by atoms with Gasteiger partial charge in [-0.15, -0.1) is 0 Å². The van der Waals surface area contributed by atoms with Gasteiger partial charge in [-0.1, -0.05) is 56.3 Å². The van der Waals surface area contributed by atoms with Gasteiger partial charge in [-0.05, 0) is 30.0 Å². The van der Waals surface area contributed by atoms with E-state index in [9.17, 15) is 18.8 Å². The monoisotopic (exact) mass is 400 g/mol. The second-order valence-corrected chi connectivity index (χ2v) is 6.98. The zero-order valence-electron chi connectivity index (χ0n) is 16.5. The SMILES string of the molecule is CC(C)C[C@@H](NC(=O)COC(=O)CNC(=O)c1ccccc1F)c1ccccc1. The quantitative estimate of drug-likeness (QED) is 0.634. The van der Waals surface area contributed by atoms with Gasteiger partial charge in [0.15, 0.2) is 6.61 Å². The van der Waals surface area contributed by atoms with Crippen LogP contribution < -0.4 is 10.6 Å².